The molecule has 0 fully saturated rings. The van der Waals surface area contributed by atoms with Crippen molar-refractivity contribution in [1.82, 2.24) is 4.57 Å². The molecule has 12 aromatic rings. The van der Waals surface area contributed by atoms with Crippen LogP contribution >= 0.6 is 0 Å². The monoisotopic (exact) mass is 985 g/mol. The van der Waals surface area contributed by atoms with Crippen LogP contribution in [0.4, 0.5) is 0 Å². The van der Waals surface area contributed by atoms with Crippen LogP contribution < -0.4 is 0 Å². The molecule has 0 saturated carbocycles. The van der Waals surface area contributed by atoms with E-state index in [0.717, 1.165) is 83.6 Å². The lowest BCUT2D eigenvalue weighted by atomic mass is 9.82. The number of aromatic nitrogens is 1. The fourth-order valence-corrected chi connectivity index (χ4v) is 11.6. The molecule has 11 aromatic carbocycles. The highest BCUT2D eigenvalue weighted by Gasteiger charge is 2.36. The van der Waals surface area contributed by atoms with Crippen molar-refractivity contribution in [2.45, 2.75) is 26.2 Å². The van der Waals surface area contributed by atoms with E-state index in [1.54, 1.807) is 0 Å². The standard InChI is InChI=1S/C74H55N3/c1-49(55-31-21-32-56(39-55)63-43-59(51-23-9-5-10-24-51)41-60(44-63)52-25-11-6-12-26-52)75-73(58-34-22-33-57(40-58)64-45-61(53-27-13-7-14-28-53)42-62(46-64)54-29-15-8-16-30-54)76-50(2)77-71-38-20-18-36-66(71)68-47-67-65-35-17-19-37-69(65)74(3,4)70(67)48-72(68)77/h5-48H,1H2,2-4H3/b75-73-,76-50+. The van der Waals surface area contributed by atoms with Gasteiger partial charge in [-0.05, 0) is 163 Å². The minimum absolute atomic E-state index is 0.171. The second-order valence-corrected chi connectivity index (χ2v) is 20.7. The Balaban J connectivity index is 0.972. The predicted octanol–water partition coefficient (Wildman–Crippen LogP) is 19.5. The van der Waals surface area contributed by atoms with Gasteiger partial charge in [0.25, 0.3) is 0 Å². The zero-order valence-corrected chi connectivity index (χ0v) is 43.5. The highest BCUT2D eigenvalue weighted by Crippen LogP contribution is 2.51. The highest BCUT2D eigenvalue weighted by atomic mass is 15.1. The number of fused-ring (bicyclic) bond motifs is 6. The van der Waals surface area contributed by atoms with Gasteiger partial charge in [0.15, 0.2) is 5.84 Å². The van der Waals surface area contributed by atoms with Crippen molar-refractivity contribution < 1.29 is 0 Å². The minimum Gasteiger partial charge on any atom is -0.297 e. The summed E-state index contributed by atoms with van der Waals surface area (Å²) in [5.74, 6) is 1.37. The third kappa shape index (κ3) is 8.82. The minimum atomic E-state index is -0.171. The quantitative estimate of drug-likeness (QED) is 0.102. The Morgan fingerprint density at radius 2 is 0.766 bits per heavy atom. The normalized spacial score (nSPS) is 12.9. The largest absolute Gasteiger partial charge is 0.297 e. The summed E-state index contributed by atoms with van der Waals surface area (Å²) in [6, 6.07) is 95.9. The number of hydrogen-bond acceptors (Lipinski definition) is 1. The zero-order valence-electron chi connectivity index (χ0n) is 43.5. The number of para-hydroxylation sites is 1. The van der Waals surface area contributed by atoms with Crippen molar-refractivity contribution in [3.05, 3.63) is 296 Å². The molecule has 366 valence electrons. The van der Waals surface area contributed by atoms with E-state index < -0.39 is 0 Å². The van der Waals surface area contributed by atoms with E-state index in [0.29, 0.717) is 11.5 Å². The first-order chi connectivity index (χ1) is 37.7. The first-order valence-electron chi connectivity index (χ1n) is 26.5. The Kier molecular flexibility index (Phi) is 11.9. The molecule has 1 aromatic heterocycles. The van der Waals surface area contributed by atoms with E-state index in [2.05, 4.69) is 292 Å². The summed E-state index contributed by atoms with van der Waals surface area (Å²) in [7, 11) is 0. The first-order valence-corrected chi connectivity index (χ1v) is 26.5. The Labute approximate surface area is 451 Å². The van der Waals surface area contributed by atoms with Crippen LogP contribution in [0.3, 0.4) is 0 Å². The molecule has 0 N–H and O–H groups in total. The molecule has 1 heterocycles. The second-order valence-electron chi connectivity index (χ2n) is 20.7. The van der Waals surface area contributed by atoms with Crippen LogP contribution in [0.5, 0.6) is 0 Å². The van der Waals surface area contributed by atoms with E-state index in [-0.39, 0.29) is 5.41 Å². The number of amidine groups is 1. The summed E-state index contributed by atoms with van der Waals surface area (Å²) in [5.41, 5.74) is 23.3. The van der Waals surface area contributed by atoms with Gasteiger partial charge in [-0.3, -0.25) is 4.57 Å². The fraction of sp³-hybridized carbons (Fsp3) is 0.0541. The van der Waals surface area contributed by atoms with Crippen molar-refractivity contribution in [3.63, 3.8) is 0 Å². The molecule has 77 heavy (non-hydrogen) atoms. The maximum Gasteiger partial charge on any atom is 0.161 e. The van der Waals surface area contributed by atoms with Gasteiger partial charge in [-0.1, -0.05) is 221 Å². The van der Waals surface area contributed by atoms with E-state index >= 15 is 0 Å². The Morgan fingerprint density at radius 1 is 0.338 bits per heavy atom. The smallest absolute Gasteiger partial charge is 0.161 e. The lowest BCUT2D eigenvalue weighted by molar-refractivity contribution is 0.661. The van der Waals surface area contributed by atoms with Crippen molar-refractivity contribution >= 4 is 39.2 Å². The van der Waals surface area contributed by atoms with E-state index in [1.165, 1.54) is 44.2 Å². The average Bonchev–Trinajstić information content (AvgIpc) is 4.18. The molecule has 0 saturated heterocycles. The van der Waals surface area contributed by atoms with Crippen LogP contribution in [0.2, 0.25) is 0 Å². The highest BCUT2D eigenvalue weighted by molar-refractivity contribution is 6.18. The predicted molar refractivity (Wildman–Crippen MR) is 327 cm³/mol. The van der Waals surface area contributed by atoms with Crippen molar-refractivity contribution in [2.75, 3.05) is 0 Å². The summed E-state index contributed by atoms with van der Waals surface area (Å²) in [5, 5.41) is 2.38. The molecule has 1 aliphatic carbocycles. The van der Waals surface area contributed by atoms with Gasteiger partial charge in [0.05, 0.1) is 16.7 Å². The SMILES string of the molecule is C=C(/N=C(\N=C(/C)n1c2ccccc2c2cc3c(cc21)C(C)(C)c1ccccc1-3)c1cccc(-c2cc(-c3ccccc3)cc(-c3ccccc3)c2)c1)c1cccc(-c2cc(-c3ccccc3)cc(-c3ccccc3)c2)c1. The molecule has 0 bridgehead atoms. The lowest BCUT2D eigenvalue weighted by Crippen LogP contribution is -2.15. The zero-order chi connectivity index (χ0) is 52.0. The third-order valence-corrected chi connectivity index (χ3v) is 15.5. The lowest BCUT2D eigenvalue weighted by Gasteiger charge is -2.21. The number of benzene rings is 11. The molecule has 0 aliphatic heterocycles. The van der Waals surface area contributed by atoms with E-state index in [9.17, 15) is 0 Å². The van der Waals surface area contributed by atoms with Crippen LogP contribution in [0.15, 0.2) is 283 Å². The van der Waals surface area contributed by atoms with E-state index in [1.807, 2.05) is 0 Å². The summed E-state index contributed by atoms with van der Waals surface area (Å²) in [6.45, 7) is 11.5. The van der Waals surface area contributed by atoms with Gasteiger partial charge in [0.1, 0.15) is 5.84 Å². The Morgan fingerprint density at radius 3 is 1.30 bits per heavy atom. The van der Waals surface area contributed by atoms with Gasteiger partial charge < -0.3 is 0 Å². The maximum atomic E-state index is 5.63. The van der Waals surface area contributed by atoms with E-state index in [4.69, 9.17) is 16.6 Å². The van der Waals surface area contributed by atoms with Crippen LogP contribution in [0.25, 0.3) is 105 Å². The molecule has 1 aliphatic rings. The molecule has 0 radical (unpaired) electrons. The van der Waals surface area contributed by atoms with Gasteiger partial charge in [0.2, 0.25) is 0 Å². The van der Waals surface area contributed by atoms with Gasteiger partial charge in [-0.15, -0.1) is 0 Å². The molecular weight excluding hydrogens is 931 g/mol. The molecule has 3 nitrogen and oxygen atoms in total. The molecular formula is C74H55N3. The Hall–Kier alpha value is -9.70. The van der Waals surface area contributed by atoms with Gasteiger partial charge in [0, 0.05) is 27.3 Å². The average molecular weight is 986 g/mol. The number of aliphatic imine (C=N–C) groups is 2. The summed E-state index contributed by atoms with van der Waals surface area (Å²) >= 11 is 0. The van der Waals surface area contributed by atoms with Crippen LogP contribution in [0, 0.1) is 0 Å². The van der Waals surface area contributed by atoms with Crippen molar-refractivity contribution in [3.8, 4) is 77.9 Å². The first kappa shape index (κ1) is 47.0. The van der Waals surface area contributed by atoms with Crippen molar-refractivity contribution in [2.24, 2.45) is 9.98 Å². The summed E-state index contributed by atoms with van der Waals surface area (Å²) < 4.78 is 2.33. The van der Waals surface area contributed by atoms with Gasteiger partial charge in [-0.25, -0.2) is 9.98 Å². The summed E-state index contributed by atoms with van der Waals surface area (Å²) in [4.78, 5) is 11.1. The van der Waals surface area contributed by atoms with Crippen molar-refractivity contribution in [1.29, 1.82) is 0 Å². The van der Waals surface area contributed by atoms with Crippen LogP contribution in [0.1, 0.15) is 43.0 Å². The number of hydrogen-bond donors (Lipinski definition) is 0. The topological polar surface area (TPSA) is 29.6 Å². The molecule has 3 heteroatoms. The molecule has 0 spiro atoms. The van der Waals surface area contributed by atoms with Gasteiger partial charge >= 0.3 is 0 Å². The maximum absolute atomic E-state index is 5.63. The molecule has 0 atom stereocenters. The summed E-state index contributed by atoms with van der Waals surface area (Å²) in [6.07, 6.45) is 0. The molecule has 0 amide bonds. The number of nitrogens with zero attached hydrogens (tertiary/aromatic N) is 3. The van der Waals surface area contributed by atoms with Crippen LogP contribution in [-0.4, -0.2) is 16.2 Å². The molecule has 0 unspecified atom stereocenters. The fourth-order valence-electron chi connectivity index (χ4n) is 11.6. The van der Waals surface area contributed by atoms with Gasteiger partial charge in [-0.2, -0.15) is 0 Å². The third-order valence-electron chi connectivity index (χ3n) is 15.5. The second kappa shape index (κ2) is 19.5. The van der Waals surface area contributed by atoms with Crippen LogP contribution in [-0.2, 0) is 5.41 Å². The number of rotatable bonds is 9. The Bertz CT molecular complexity index is 4180. The molecule has 13 rings (SSSR count).